The summed E-state index contributed by atoms with van der Waals surface area (Å²) >= 11 is 2.03. The maximum absolute atomic E-state index is 11.5. The molecule has 15 heavy (non-hydrogen) atoms. The Labute approximate surface area is 102 Å². The standard InChI is InChI=1S/C9H9IN2O2S/c1-7(6-11)15(13,14)12-9-5-3-2-4-8(9)10/h2-5,7,12H,1H3. The molecular formula is C9H9IN2O2S. The summed E-state index contributed by atoms with van der Waals surface area (Å²) in [5.74, 6) is 0. The van der Waals surface area contributed by atoms with Crippen LogP contribution >= 0.6 is 22.6 Å². The highest BCUT2D eigenvalue weighted by Gasteiger charge is 2.20. The maximum Gasteiger partial charge on any atom is 0.248 e. The Morgan fingerprint density at radius 2 is 2.07 bits per heavy atom. The van der Waals surface area contributed by atoms with Crippen molar-refractivity contribution in [2.45, 2.75) is 12.2 Å². The second-order valence-corrected chi connectivity index (χ2v) is 6.06. The normalized spacial score (nSPS) is 12.9. The molecule has 0 saturated heterocycles. The van der Waals surface area contributed by atoms with E-state index in [0.29, 0.717) is 5.69 Å². The van der Waals surface area contributed by atoms with Gasteiger partial charge in [0.15, 0.2) is 5.25 Å². The molecule has 0 saturated carbocycles. The van der Waals surface area contributed by atoms with Crippen LogP contribution in [0.4, 0.5) is 5.69 Å². The average Bonchev–Trinajstić information content (AvgIpc) is 2.20. The van der Waals surface area contributed by atoms with Gasteiger partial charge in [-0.25, -0.2) is 8.42 Å². The van der Waals surface area contributed by atoms with E-state index in [2.05, 4.69) is 4.72 Å². The molecule has 0 amide bonds. The van der Waals surface area contributed by atoms with Crippen molar-refractivity contribution in [1.82, 2.24) is 0 Å². The molecule has 0 aliphatic heterocycles. The number of benzene rings is 1. The Kier molecular flexibility index (Phi) is 3.93. The largest absolute Gasteiger partial charge is 0.281 e. The highest BCUT2D eigenvalue weighted by atomic mass is 127. The fourth-order valence-electron chi connectivity index (χ4n) is 0.855. The number of nitrogens with zero attached hydrogens (tertiary/aromatic N) is 1. The topological polar surface area (TPSA) is 70.0 Å². The Morgan fingerprint density at radius 3 is 2.60 bits per heavy atom. The first-order valence-electron chi connectivity index (χ1n) is 4.13. The maximum atomic E-state index is 11.5. The lowest BCUT2D eigenvalue weighted by Gasteiger charge is -2.10. The molecule has 1 N–H and O–H groups in total. The van der Waals surface area contributed by atoms with Gasteiger partial charge in [-0.3, -0.25) is 4.72 Å². The number of para-hydroxylation sites is 1. The summed E-state index contributed by atoms with van der Waals surface area (Å²) in [6, 6.07) is 8.68. The summed E-state index contributed by atoms with van der Waals surface area (Å²) in [6.07, 6.45) is 0. The molecule has 0 aliphatic rings. The number of hydrogen-bond acceptors (Lipinski definition) is 3. The van der Waals surface area contributed by atoms with Crippen molar-refractivity contribution in [1.29, 1.82) is 5.26 Å². The van der Waals surface area contributed by atoms with Crippen LogP contribution in [0.15, 0.2) is 24.3 Å². The number of sulfonamides is 1. The highest BCUT2D eigenvalue weighted by molar-refractivity contribution is 14.1. The third-order valence-electron chi connectivity index (χ3n) is 1.77. The van der Waals surface area contributed by atoms with Crippen LogP contribution < -0.4 is 4.72 Å². The predicted octanol–water partition coefficient (Wildman–Crippen LogP) is 1.94. The number of hydrogen-bond donors (Lipinski definition) is 1. The lowest BCUT2D eigenvalue weighted by Crippen LogP contribution is -2.24. The minimum absolute atomic E-state index is 0.500. The molecule has 1 aromatic rings. The molecule has 6 heteroatoms. The summed E-state index contributed by atoms with van der Waals surface area (Å²) in [4.78, 5) is 0. The van der Waals surface area contributed by atoms with Crippen molar-refractivity contribution in [3.8, 4) is 6.07 Å². The van der Waals surface area contributed by atoms with Crippen molar-refractivity contribution in [3.05, 3.63) is 27.8 Å². The summed E-state index contributed by atoms with van der Waals surface area (Å²) < 4.78 is 26.3. The van der Waals surface area contributed by atoms with Crippen LogP contribution in [0.1, 0.15) is 6.92 Å². The van der Waals surface area contributed by atoms with Crippen molar-refractivity contribution in [2.24, 2.45) is 0 Å². The second-order valence-electron chi connectivity index (χ2n) is 2.90. The van der Waals surface area contributed by atoms with E-state index in [4.69, 9.17) is 5.26 Å². The molecule has 0 aromatic heterocycles. The lowest BCUT2D eigenvalue weighted by atomic mass is 10.3. The van der Waals surface area contributed by atoms with Gasteiger partial charge < -0.3 is 0 Å². The number of rotatable bonds is 3. The van der Waals surface area contributed by atoms with Gasteiger partial charge in [0.2, 0.25) is 10.0 Å². The van der Waals surface area contributed by atoms with Crippen LogP contribution in [0.5, 0.6) is 0 Å². The van der Waals surface area contributed by atoms with E-state index in [1.165, 1.54) is 6.92 Å². The van der Waals surface area contributed by atoms with Gasteiger partial charge >= 0.3 is 0 Å². The van der Waals surface area contributed by atoms with E-state index < -0.39 is 15.3 Å². The van der Waals surface area contributed by atoms with Gasteiger partial charge in [0.1, 0.15) is 0 Å². The van der Waals surface area contributed by atoms with E-state index >= 15 is 0 Å². The van der Waals surface area contributed by atoms with Gasteiger partial charge in [-0.2, -0.15) is 5.26 Å². The Bertz CT molecular complexity index is 493. The zero-order valence-corrected chi connectivity index (χ0v) is 10.9. The molecule has 0 aliphatic carbocycles. The molecule has 0 heterocycles. The van der Waals surface area contributed by atoms with Crippen LogP contribution in [0.2, 0.25) is 0 Å². The van der Waals surface area contributed by atoms with E-state index in [9.17, 15) is 8.42 Å². The number of halogens is 1. The average molecular weight is 336 g/mol. The SMILES string of the molecule is CC(C#N)S(=O)(=O)Nc1ccccc1I. The zero-order valence-electron chi connectivity index (χ0n) is 7.94. The summed E-state index contributed by atoms with van der Waals surface area (Å²) in [5.41, 5.74) is 0.500. The molecule has 80 valence electrons. The van der Waals surface area contributed by atoms with Crippen molar-refractivity contribution in [3.63, 3.8) is 0 Å². The van der Waals surface area contributed by atoms with Crippen LogP contribution in [-0.2, 0) is 10.0 Å². The van der Waals surface area contributed by atoms with Crippen molar-refractivity contribution >= 4 is 38.3 Å². The van der Waals surface area contributed by atoms with Gasteiger partial charge in [-0.15, -0.1) is 0 Å². The van der Waals surface area contributed by atoms with Gasteiger partial charge in [-0.1, -0.05) is 12.1 Å². The third-order valence-corrected chi connectivity index (χ3v) is 4.25. The smallest absolute Gasteiger partial charge is 0.248 e. The van der Waals surface area contributed by atoms with Gasteiger partial charge in [-0.05, 0) is 41.6 Å². The Hall–Kier alpha value is -0.810. The Balaban J connectivity index is 2.98. The van der Waals surface area contributed by atoms with E-state index in [-0.39, 0.29) is 0 Å². The zero-order chi connectivity index (χ0) is 11.5. The van der Waals surface area contributed by atoms with Crippen LogP contribution in [0.3, 0.4) is 0 Å². The van der Waals surface area contributed by atoms with Gasteiger partial charge in [0.25, 0.3) is 0 Å². The first kappa shape index (κ1) is 12.3. The number of nitrogens with one attached hydrogen (secondary N) is 1. The molecule has 0 bridgehead atoms. The molecule has 1 unspecified atom stereocenters. The third kappa shape index (κ3) is 3.07. The van der Waals surface area contributed by atoms with Crippen LogP contribution in [0, 0.1) is 14.9 Å². The number of nitriles is 1. The van der Waals surface area contributed by atoms with Gasteiger partial charge in [0, 0.05) is 3.57 Å². The molecule has 4 nitrogen and oxygen atoms in total. The first-order chi connectivity index (χ1) is 6.97. The summed E-state index contributed by atoms with van der Waals surface area (Å²) in [6.45, 7) is 1.35. The quantitative estimate of drug-likeness (QED) is 0.858. The molecular weight excluding hydrogens is 327 g/mol. The highest BCUT2D eigenvalue weighted by Crippen LogP contribution is 2.19. The molecule has 1 aromatic carbocycles. The first-order valence-corrected chi connectivity index (χ1v) is 6.75. The molecule has 1 atom stereocenters. The summed E-state index contributed by atoms with van der Waals surface area (Å²) in [5, 5.41) is 7.49. The minimum atomic E-state index is -3.60. The lowest BCUT2D eigenvalue weighted by molar-refractivity contribution is 0.597. The molecule has 0 spiro atoms. The number of anilines is 1. The fourth-order valence-corrected chi connectivity index (χ4v) is 2.36. The van der Waals surface area contributed by atoms with E-state index in [1.54, 1.807) is 24.3 Å². The Morgan fingerprint density at radius 1 is 1.47 bits per heavy atom. The summed E-state index contributed by atoms with van der Waals surface area (Å²) in [7, 11) is -3.60. The minimum Gasteiger partial charge on any atom is -0.281 e. The molecule has 0 radical (unpaired) electrons. The molecule has 1 rings (SSSR count). The van der Waals surface area contributed by atoms with Crippen molar-refractivity contribution < 1.29 is 8.42 Å². The van der Waals surface area contributed by atoms with Crippen LogP contribution in [-0.4, -0.2) is 13.7 Å². The van der Waals surface area contributed by atoms with Crippen molar-refractivity contribution in [2.75, 3.05) is 4.72 Å². The molecule has 0 fully saturated rings. The van der Waals surface area contributed by atoms with Crippen LogP contribution in [0.25, 0.3) is 0 Å². The second kappa shape index (κ2) is 4.81. The predicted molar refractivity (Wildman–Crippen MR) is 66.8 cm³/mol. The monoisotopic (exact) mass is 336 g/mol. The fraction of sp³-hybridized carbons (Fsp3) is 0.222. The van der Waals surface area contributed by atoms with E-state index in [1.807, 2.05) is 28.7 Å². The van der Waals surface area contributed by atoms with Gasteiger partial charge in [0.05, 0.1) is 11.8 Å². The van der Waals surface area contributed by atoms with E-state index in [0.717, 1.165) is 3.57 Å².